The van der Waals surface area contributed by atoms with Gasteiger partial charge in [0.1, 0.15) is 22.1 Å². The van der Waals surface area contributed by atoms with E-state index in [1.54, 1.807) is 30.3 Å². The molecule has 1 saturated heterocycles. The largest absolute Gasteiger partial charge is 0.379 e. The first-order chi connectivity index (χ1) is 21.3. The maximum Gasteiger partial charge on any atom is 0.243 e. The molecule has 0 spiro atoms. The molecule has 5 aromatic rings. The van der Waals surface area contributed by atoms with E-state index in [9.17, 15) is 12.8 Å². The summed E-state index contributed by atoms with van der Waals surface area (Å²) < 4.78 is 51.6. The second-order valence-corrected chi connectivity index (χ2v) is 13.7. The maximum absolute atomic E-state index is 13.7. The Balaban J connectivity index is 1.40. The molecular weight excluding hydrogens is 621 g/mol. The van der Waals surface area contributed by atoms with Crippen LogP contribution in [0.2, 0.25) is 5.02 Å². The summed E-state index contributed by atoms with van der Waals surface area (Å²) in [7, 11) is -3.69. The van der Waals surface area contributed by atoms with E-state index in [0.717, 1.165) is 41.6 Å². The summed E-state index contributed by atoms with van der Waals surface area (Å²) >= 11 is 12.3. The lowest BCUT2D eigenvalue weighted by atomic mass is 9.98. The van der Waals surface area contributed by atoms with E-state index in [2.05, 4.69) is 9.88 Å². The van der Waals surface area contributed by atoms with Crippen molar-refractivity contribution < 1.29 is 17.5 Å². The van der Waals surface area contributed by atoms with E-state index < -0.39 is 10.0 Å². The van der Waals surface area contributed by atoms with Crippen molar-refractivity contribution in [3.8, 4) is 22.5 Å². The molecule has 12 heteroatoms. The summed E-state index contributed by atoms with van der Waals surface area (Å²) in [6.07, 6.45) is 2.72. The average Bonchev–Trinajstić information content (AvgIpc) is 3.46. The van der Waals surface area contributed by atoms with Gasteiger partial charge in [0.2, 0.25) is 10.0 Å². The summed E-state index contributed by atoms with van der Waals surface area (Å²) in [5, 5.41) is 9.02. The summed E-state index contributed by atoms with van der Waals surface area (Å²) in [6, 6.07) is 20.7. The number of rotatable bonds is 6. The Bertz CT molecular complexity index is 1980. The number of hydrogen-bond donors (Lipinski definition) is 1. The number of ether oxygens (including phenoxy) is 1. The van der Waals surface area contributed by atoms with Crippen molar-refractivity contribution in [2.24, 2.45) is 0 Å². The van der Waals surface area contributed by atoms with Crippen LogP contribution < -0.4 is 5.32 Å². The number of sulfonamides is 1. The Kier molecular flexibility index (Phi) is 7.75. The molecule has 2 aliphatic rings. The Morgan fingerprint density at radius 1 is 0.955 bits per heavy atom. The Morgan fingerprint density at radius 2 is 1.70 bits per heavy atom. The number of aryl methyl sites for hydroxylation is 2. The third-order valence-corrected chi connectivity index (χ3v) is 10.6. The molecule has 0 atom stereocenters. The molecular formula is C32H29ClFN5O3S2. The van der Waals surface area contributed by atoms with Crippen LogP contribution in [0.15, 0.2) is 77.7 Å². The van der Waals surface area contributed by atoms with Gasteiger partial charge in [-0.05, 0) is 73.4 Å². The molecule has 7 rings (SSSR count). The monoisotopic (exact) mass is 649 g/mol. The van der Waals surface area contributed by atoms with Crippen LogP contribution in [0.4, 0.5) is 10.1 Å². The Morgan fingerprint density at radius 3 is 2.45 bits per heavy atom. The Labute approximate surface area is 265 Å². The fraction of sp³-hybridized carbons (Fsp3) is 0.250. The molecule has 3 aromatic carbocycles. The number of nitrogens with one attached hydrogen (secondary N) is 1. The third-order valence-electron chi connectivity index (χ3n) is 8.14. The van der Waals surface area contributed by atoms with Crippen molar-refractivity contribution in [1.29, 1.82) is 0 Å². The van der Waals surface area contributed by atoms with Crippen LogP contribution in [0.3, 0.4) is 0 Å². The van der Waals surface area contributed by atoms with E-state index in [4.69, 9.17) is 33.7 Å². The first kappa shape index (κ1) is 29.1. The molecule has 1 fully saturated rings. The topological polar surface area (TPSA) is 80.9 Å². The van der Waals surface area contributed by atoms with Gasteiger partial charge in [-0.25, -0.2) is 17.3 Å². The second-order valence-electron chi connectivity index (χ2n) is 10.9. The zero-order valence-corrected chi connectivity index (χ0v) is 26.1. The van der Waals surface area contributed by atoms with Crippen molar-refractivity contribution in [1.82, 2.24) is 18.5 Å². The molecule has 0 amide bonds. The summed E-state index contributed by atoms with van der Waals surface area (Å²) in [5.74, 6) is 0.328. The minimum Gasteiger partial charge on any atom is -0.379 e. The van der Waals surface area contributed by atoms with Crippen molar-refractivity contribution in [3.63, 3.8) is 0 Å². The highest BCUT2D eigenvalue weighted by Crippen LogP contribution is 2.39. The lowest BCUT2D eigenvalue weighted by Crippen LogP contribution is -2.40. The number of nitrogens with zero attached hydrogens (tertiary/aromatic N) is 4. The predicted octanol–water partition coefficient (Wildman–Crippen LogP) is 6.41. The zero-order chi connectivity index (χ0) is 30.4. The first-order valence-electron chi connectivity index (χ1n) is 14.5. The van der Waals surface area contributed by atoms with Crippen LogP contribution in [0.25, 0.3) is 28.2 Å². The summed E-state index contributed by atoms with van der Waals surface area (Å²) in [6.45, 7) is 2.12. The molecule has 0 bridgehead atoms. The molecule has 2 aliphatic heterocycles. The van der Waals surface area contributed by atoms with Gasteiger partial charge in [0, 0.05) is 47.0 Å². The SMILES string of the molecule is O=S(=O)(c1cccc(-c2nn3c(C(=S)Nc4ccc(F)cc4)c(-c4ccc(Cl)cc4)c4c3n2CCCC4)c1)N1CCOCC1. The molecule has 0 aliphatic carbocycles. The molecule has 2 aromatic heterocycles. The van der Waals surface area contributed by atoms with Gasteiger partial charge < -0.3 is 14.6 Å². The average molecular weight is 650 g/mol. The van der Waals surface area contributed by atoms with Gasteiger partial charge >= 0.3 is 0 Å². The van der Waals surface area contributed by atoms with Gasteiger partial charge in [0.05, 0.1) is 18.1 Å². The summed E-state index contributed by atoms with van der Waals surface area (Å²) in [5.41, 5.74) is 6.02. The van der Waals surface area contributed by atoms with Gasteiger partial charge in [0.15, 0.2) is 5.82 Å². The molecule has 8 nitrogen and oxygen atoms in total. The Hall–Kier alpha value is -3.61. The van der Waals surface area contributed by atoms with Crippen LogP contribution >= 0.6 is 23.8 Å². The van der Waals surface area contributed by atoms with Crippen LogP contribution in [0, 0.1) is 5.82 Å². The number of benzene rings is 3. The van der Waals surface area contributed by atoms with Crippen LogP contribution in [-0.4, -0.2) is 58.2 Å². The first-order valence-corrected chi connectivity index (χ1v) is 16.7. The second kappa shape index (κ2) is 11.7. The molecule has 4 heterocycles. The number of anilines is 1. The fourth-order valence-electron chi connectivity index (χ4n) is 6.04. The van der Waals surface area contributed by atoms with Crippen LogP contribution in [0.5, 0.6) is 0 Å². The van der Waals surface area contributed by atoms with Gasteiger partial charge in [0.25, 0.3) is 0 Å². The van der Waals surface area contributed by atoms with Crippen molar-refractivity contribution in [3.05, 3.63) is 94.9 Å². The molecule has 0 saturated carbocycles. The van der Waals surface area contributed by atoms with Gasteiger partial charge in [-0.15, -0.1) is 5.10 Å². The standard InChI is InChI=1S/C32H29ClFN5O3S2/c33-23-9-7-21(8-10-23)28-27-6-1-2-15-38-30(22-4-3-5-26(20-22)44(40,41)37-16-18-42-19-17-37)36-39(32(27)38)29(28)31(43)35-25-13-11-24(34)12-14-25/h3-5,7-14,20H,1-2,6,15-19H2,(H,35,43). The number of halogens is 2. The van der Waals surface area contributed by atoms with Crippen molar-refractivity contribution in [2.75, 3.05) is 31.6 Å². The molecule has 1 N–H and O–H groups in total. The quantitative estimate of drug-likeness (QED) is 0.214. The number of hydrogen-bond acceptors (Lipinski definition) is 5. The van der Waals surface area contributed by atoms with E-state index in [1.807, 2.05) is 34.8 Å². The van der Waals surface area contributed by atoms with Gasteiger partial charge in [-0.2, -0.15) is 4.31 Å². The molecule has 0 unspecified atom stereocenters. The molecule has 0 radical (unpaired) electrons. The van der Waals surface area contributed by atoms with Crippen LogP contribution in [-0.2, 0) is 27.7 Å². The fourth-order valence-corrected chi connectivity index (χ4v) is 7.93. The highest BCUT2D eigenvalue weighted by Gasteiger charge is 2.31. The highest BCUT2D eigenvalue weighted by molar-refractivity contribution is 7.89. The minimum atomic E-state index is -3.69. The maximum atomic E-state index is 13.7. The highest BCUT2D eigenvalue weighted by atomic mass is 35.5. The van der Waals surface area contributed by atoms with E-state index in [0.29, 0.717) is 65.6 Å². The minimum absolute atomic E-state index is 0.224. The predicted molar refractivity (Wildman–Crippen MR) is 173 cm³/mol. The van der Waals surface area contributed by atoms with E-state index in [-0.39, 0.29) is 10.7 Å². The summed E-state index contributed by atoms with van der Waals surface area (Å²) in [4.78, 5) is 0.657. The van der Waals surface area contributed by atoms with Gasteiger partial charge in [-0.1, -0.05) is 48.1 Å². The lowest BCUT2D eigenvalue weighted by molar-refractivity contribution is 0.0730. The van der Waals surface area contributed by atoms with Crippen LogP contribution in [0.1, 0.15) is 24.1 Å². The number of thiocarbonyl (C=S) groups is 1. The lowest BCUT2D eigenvalue weighted by Gasteiger charge is -2.26. The molecule has 44 heavy (non-hydrogen) atoms. The van der Waals surface area contributed by atoms with E-state index in [1.165, 1.54) is 16.4 Å². The van der Waals surface area contributed by atoms with E-state index >= 15 is 0 Å². The van der Waals surface area contributed by atoms with Crippen molar-refractivity contribution in [2.45, 2.75) is 30.7 Å². The third kappa shape index (κ3) is 5.22. The van der Waals surface area contributed by atoms with Gasteiger partial charge in [-0.3, -0.25) is 0 Å². The number of morpholine rings is 1. The molecule has 226 valence electrons. The normalized spacial score (nSPS) is 15.8. The zero-order valence-electron chi connectivity index (χ0n) is 23.7. The smallest absolute Gasteiger partial charge is 0.243 e. The van der Waals surface area contributed by atoms with Crippen molar-refractivity contribution >= 4 is 50.2 Å². The number of aromatic nitrogens is 3.